The molecule has 1 amide bonds. The zero-order valence-corrected chi connectivity index (χ0v) is 10.0. The molecule has 2 aliphatic heterocycles. The third-order valence-electron chi connectivity index (χ3n) is 3.71. The summed E-state index contributed by atoms with van der Waals surface area (Å²) in [6, 6.07) is 6.36. The summed E-state index contributed by atoms with van der Waals surface area (Å²) in [6.45, 7) is 3.66. The van der Waals surface area contributed by atoms with Gasteiger partial charge < -0.3 is 10.2 Å². The van der Waals surface area contributed by atoms with Gasteiger partial charge in [-0.2, -0.15) is 0 Å². The Hall–Kier alpha value is -1.35. The smallest absolute Gasteiger partial charge is 0.228 e. The third-order valence-corrected chi connectivity index (χ3v) is 3.71. The van der Waals surface area contributed by atoms with Crippen LogP contribution in [0.5, 0.6) is 0 Å². The van der Waals surface area contributed by atoms with Gasteiger partial charge in [0.25, 0.3) is 0 Å². The average Bonchev–Trinajstić information content (AvgIpc) is 2.92. The average molecular weight is 230 g/mol. The Morgan fingerprint density at radius 2 is 2.06 bits per heavy atom. The molecule has 2 aliphatic rings. The maximum absolute atomic E-state index is 11.3. The van der Waals surface area contributed by atoms with Gasteiger partial charge in [-0.05, 0) is 49.5 Å². The molecule has 0 radical (unpaired) electrons. The number of fused-ring (bicyclic) bond motifs is 1. The van der Waals surface area contributed by atoms with Crippen LogP contribution in [0.15, 0.2) is 18.2 Å². The fourth-order valence-corrected chi connectivity index (χ4v) is 2.73. The standard InChI is InChI=1S/C14H18N2O/c17-14-10-12-9-11(3-4-13(12)15-14)5-8-16-6-1-2-7-16/h3-4,9H,1-2,5-8,10H2,(H,15,17). The first-order valence-corrected chi connectivity index (χ1v) is 6.45. The van der Waals surface area contributed by atoms with E-state index in [1.54, 1.807) is 0 Å². The lowest BCUT2D eigenvalue weighted by atomic mass is 10.1. The molecule has 1 aromatic carbocycles. The number of rotatable bonds is 3. The van der Waals surface area contributed by atoms with Gasteiger partial charge in [-0.15, -0.1) is 0 Å². The van der Waals surface area contributed by atoms with Crippen molar-refractivity contribution in [2.24, 2.45) is 0 Å². The van der Waals surface area contributed by atoms with Gasteiger partial charge in [0, 0.05) is 12.2 Å². The van der Waals surface area contributed by atoms with Crippen molar-refractivity contribution in [2.45, 2.75) is 25.7 Å². The Morgan fingerprint density at radius 3 is 2.88 bits per heavy atom. The minimum Gasteiger partial charge on any atom is -0.326 e. The van der Waals surface area contributed by atoms with Crippen LogP contribution in [-0.2, 0) is 17.6 Å². The van der Waals surface area contributed by atoms with Gasteiger partial charge in [0.05, 0.1) is 6.42 Å². The van der Waals surface area contributed by atoms with E-state index in [0.717, 1.165) is 24.2 Å². The molecular formula is C14H18N2O. The van der Waals surface area contributed by atoms with Crippen molar-refractivity contribution in [2.75, 3.05) is 25.0 Å². The minimum absolute atomic E-state index is 0.122. The fraction of sp³-hybridized carbons (Fsp3) is 0.500. The first-order valence-electron chi connectivity index (χ1n) is 6.45. The first-order chi connectivity index (χ1) is 8.31. The number of hydrogen-bond donors (Lipinski definition) is 1. The first kappa shape index (κ1) is 10.8. The summed E-state index contributed by atoms with van der Waals surface area (Å²) in [7, 11) is 0. The van der Waals surface area contributed by atoms with Gasteiger partial charge in [-0.25, -0.2) is 0 Å². The number of carbonyl (C=O) groups is 1. The largest absolute Gasteiger partial charge is 0.326 e. The second kappa shape index (κ2) is 4.49. The highest BCUT2D eigenvalue weighted by Gasteiger charge is 2.17. The molecule has 0 atom stereocenters. The zero-order chi connectivity index (χ0) is 11.7. The van der Waals surface area contributed by atoms with Gasteiger partial charge >= 0.3 is 0 Å². The van der Waals surface area contributed by atoms with Crippen molar-refractivity contribution in [3.05, 3.63) is 29.3 Å². The summed E-state index contributed by atoms with van der Waals surface area (Å²) in [6.07, 6.45) is 4.35. The second-order valence-corrected chi connectivity index (χ2v) is 5.02. The van der Waals surface area contributed by atoms with Crippen molar-refractivity contribution < 1.29 is 4.79 Å². The molecule has 0 saturated carbocycles. The number of carbonyl (C=O) groups excluding carboxylic acids is 1. The molecule has 90 valence electrons. The van der Waals surface area contributed by atoms with E-state index in [1.807, 2.05) is 6.07 Å². The molecule has 0 aromatic heterocycles. The van der Waals surface area contributed by atoms with E-state index in [-0.39, 0.29) is 5.91 Å². The molecule has 0 spiro atoms. The maximum atomic E-state index is 11.3. The van der Waals surface area contributed by atoms with E-state index < -0.39 is 0 Å². The van der Waals surface area contributed by atoms with Gasteiger partial charge in [0.2, 0.25) is 5.91 Å². The zero-order valence-electron chi connectivity index (χ0n) is 10.0. The third kappa shape index (κ3) is 2.34. The summed E-state index contributed by atoms with van der Waals surface area (Å²) >= 11 is 0. The molecule has 1 aromatic rings. The van der Waals surface area contributed by atoms with Crippen molar-refractivity contribution >= 4 is 11.6 Å². The van der Waals surface area contributed by atoms with E-state index in [4.69, 9.17) is 0 Å². The Kier molecular flexibility index (Phi) is 2.85. The number of nitrogens with zero attached hydrogens (tertiary/aromatic N) is 1. The van der Waals surface area contributed by atoms with Crippen LogP contribution in [0.2, 0.25) is 0 Å². The molecule has 3 rings (SSSR count). The molecule has 3 heteroatoms. The highest BCUT2D eigenvalue weighted by Crippen LogP contribution is 2.24. The van der Waals surface area contributed by atoms with Crippen LogP contribution in [0.4, 0.5) is 5.69 Å². The van der Waals surface area contributed by atoms with Crippen LogP contribution >= 0.6 is 0 Å². The maximum Gasteiger partial charge on any atom is 0.228 e. The number of nitrogens with one attached hydrogen (secondary N) is 1. The summed E-state index contributed by atoms with van der Waals surface area (Å²) in [5, 5.41) is 2.87. The quantitative estimate of drug-likeness (QED) is 0.859. The van der Waals surface area contributed by atoms with Gasteiger partial charge in [-0.3, -0.25) is 4.79 Å². The topological polar surface area (TPSA) is 32.3 Å². The summed E-state index contributed by atoms with van der Waals surface area (Å²) in [5.74, 6) is 0.122. The lowest BCUT2D eigenvalue weighted by Crippen LogP contribution is -2.21. The molecule has 3 nitrogen and oxygen atoms in total. The molecule has 0 bridgehead atoms. The van der Waals surface area contributed by atoms with E-state index >= 15 is 0 Å². The van der Waals surface area contributed by atoms with Crippen LogP contribution in [0.1, 0.15) is 24.0 Å². The lowest BCUT2D eigenvalue weighted by molar-refractivity contribution is -0.115. The van der Waals surface area contributed by atoms with E-state index in [2.05, 4.69) is 22.3 Å². The number of hydrogen-bond acceptors (Lipinski definition) is 2. The predicted molar refractivity (Wildman–Crippen MR) is 68.2 cm³/mol. The second-order valence-electron chi connectivity index (χ2n) is 5.02. The van der Waals surface area contributed by atoms with Gasteiger partial charge in [0.15, 0.2) is 0 Å². The SMILES string of the molecule is O=C1Cc2cc(CCN3CCCC3)ccc2N1. The molecule has 0 unspecified atom stereocenters. The number of likely N-dealkylation sites (tertiary alicyclic amines) is 1. The molecular weight excluding hydrogens is 212 g/mol. The van der Waals surface area contributed by atoms with Crippen LogP contribution in [0, 0.1) is 0 Å². The van der Waals surface area contributed by atoms with Crippen LogP contribution < -0.4 is 5.32 Å². The Morgan fingerprint density at radius 1 is 1.24 bits per heavy atom. The molecule has 1 N–H and O–H groups in total. The van der Waals surface area contributed by atoms with E-state index in [0.29, 0.717) is 6.42 Å². The van der Waals surface area contributed by atoms with Gasteiger partial charge in [-0.1, -0.05) is 12.1 Å². The molecule has 17 heavy (non-hydrogen) atoms. The van der Waals surface area contributed by atoms with Crippen molar-refractivity contribution in [3.63, 3.8) is 0 Å². The summed E-state index contributed by atoms with van der Waals surface area (Å²) in [5.41, 5.74) is 3.51. The van der Waals surface area contributed by atoms with Crippen LogP contribution in [0.25, 0.3) is 0 Å². The Bertz CT molecular complexity index is 436. The normalized spacial score (nSPS) is 19.4. The monoisotopic (exact) mass is 230 g/mol. The Balaban J connectivity index is 1.64. The van der Waals surface area contributed by atoms with Gasteiger partial charge in [0.1, 0.15) is 0 Å². The number of amides is 1. The van der Waals surface area contributed by atoms with E-state index in [1.165, 1.54) is 31.5 Å². The predicted octanol–water partition coefficient (Wildman–Crippen LogP) is 1.82. The molecule has 0 aliphatic carbocycles. The van der Waals surface area contributed by atoms with Crippen LogP contribution in [0.3, 0.4) is 0 Å². The minimum atomic E-state index is 0.122. The van der Waals surface area contributed by atoms with Crippen molar-refractivity contribution in [1.29, 1.82) is 0 Å². The summed E-state index contributed by atoms with van der Waals surface area (Å²) < 4.78 is 0. The lowest BCUT2D eigenvalue weighted by Gasteiger charge is -2.14. The Labute approximate surface area is 102 Å². The highest BCUT2D eigenvalue weighted by molar-refractivity contribution is 5.99. The summed E-state index contributed by atoms with van der Waals surface area (Å²) in [4.78, 5) is 13.8. The van der Waals surface area contributed by atoms with Crippen LogP contribution in [-0.4, -0.2) is 30.4 Å². The molecule has 1 saturated heterocycles. The van der Waals surface area contributed by atoms with Crippen molar-refractivity contribution in [3.8, 4) is 0 Å². The van der Waals surface area contributed by atoms with E-state index in [9.17, 15) is 4.79 Å². The van der Waals surface area contributed by atoms with Crippen molar-refractivity contribution in [1.82, 2.24) is 4.90 Å². The fourth-order valence-electron chi connectivity index (χ4n) is 2.73. The molecule has 2 heterocycles. The molecule has 1 fully saturated rings. The number of benzene rings is 1. The highest BCUT2D eigenvalue weighted by atomic mass is 16.1. The number of anilines is 1.